The molecule has 1 aliphatic rings. The van der Waals surface area contributed by atoms with Crippen LogP contribution in [0.4, 0.5) is 0 Å². The van der Waals surface area contributed by atoms with Gasteiger partial charge in [0.1, 0.15) is 0 Å². The van der Waals surface area contributed by atoms with E-state index in [1.54, 1.807) is 0 Å². The number of para-hydroxylation sites is 1. The second kappa shape index (κ2) is 4.94. The van der Waals surface area contributed by atoms with Crippen LogP contribution in [0.2, 0.25) is 0 Å². The first-order valence-electron chi connectivity index (χ1n) is 6.71. The summed E-state index contributed by atoms with van der Waals surface area (Å²) in [5.74, 6) is 0.559. The number of imidazole rings is 1. The summed E-state index contributed by atoms with van der Waals surface area (Å²) in [7, 11) is 0. The molecule has 3 rings (SSSR count). The molecule has 0 unspecified atom stereocenters. The van der Waals surface area contributed by atoms with Crippen molar-refractivity contribution >= 4 is 0 Å². The molecule has 1 heterocycles. The molecule has 0 bridgehead atoms. The van der Waals surface area contributed by atoms with Gasteiger partial charge in [-0.05, 0) is 44.4 Å². The number of rotatable bonds is 3. The Hall–Kier alpha value is -1.61. The molecule has 2 N–H and O–H groups in total. The van der Waals surface area contributed by atoms with Crippen LogP contribution in [0.5, 0.6) is 0 Å². The van der Waals surface area contributed by atoms with Crippen molar-refractivity contribution in [3.05, 3.63) is 48.0 Å². The normalized spacial score (nSPS) is 18.6. The fourth-order valence-corrected chi connectivity index (χ4v) is 2.92. The van der Waals surface area contributed by atoms with Crippen molar-refractivity contribution in [1.82, 2.24) is 9.55 Å². The summed E-state index contributed by atoms with van der Waals surface area (Å²) in [5, 5.41) is 0. The molecule has 1 atom stereocenters. The van der Waals surface area contributed by atoms with E-state index in [-0.39, 0.29) is 0 Å². The van der Waals surface area contributed by atoms with Crippen LogP contribution in [0.15, 0.2) is 36.7 Å². The third-order valence-corrected chi connectivity index (χ3v) is 3.80. The lowest BCUT2D eigenvalue weighted by molar-refractivity contribution is 0.510. The van der Waals surface area contributed by atoms with Gasteiger partial charge in [-0.2, -0.15) is 0 Å². The zero-order chi connectivity index (χ0) is 12.4. The van der Waals surface area contributed by atoms with Crippen LogP contribution < -0.4 is 5.73 Å². The van der Waals surface area contributed by atoms with Gasteiger partial charge in [-0.15, -0.1) is 0 Å². The van der Waals surface area contributed by atoms with E-state index in [9.17, 15) is 0 Å². The predicted octanol–water partition coefficient (Wildman–Crippen LogP) is 2.64. The molecule has 1 aromatic heterocycles. The first-order chi connectivity index (χ1) is 8.90. The van der Waals surface area contributed by atoms with Crippen LogP contribution in [-0.2, 0) is 6.42 Å². The van der Waals surface area contributed by atoms with Gasteiger partial charge in [0.2, 0.25) is 0 Å². The van der Waals surface area contributed by atoms with Gasteiger partial charge in [0.15, 0.2) is 0 Å². The highest BCUT2D eigenvalue weighted by Gasteiger charge is 2.24. The van der Waals surface area contributed by atoms with Crippen molar-refractivity contribution in [2.24, 2.45) is 5.73 Å². The maximum Gasteiger partial charge on any atom is 0.0997 e. The Bertz CT molecular complexity index is 516. The minimum Gasteiger partial charge on any atom is -0.330 e. The van der Waals surface area contributed by atoms with Gasteiger partial charge in [-0.1, -0.05) is 18.2 Å². The highest BCUT2D eigenvalue weighted by atomic mass is 15.1. The van der Waals surface area contributed by atoms with Gasteiger partial charge in [0, 0.05) is 17.3 Å². The fraction of sp³-hybridized carbons (Fsp3) is 0.400. The predicted molar refractivity (Wildman–Crippen MR) is 72.9 cm³/mol. The van der Waals surface area contributed by atoms with E-state index in [1.807, 2.05) is 12.4 Å². The summed E-state index contributed by atoms with van der Waals surface area (Å²) >= 11 is 0. The van der Waals surface area contributed by atoms with Gasteiger partial charge in [0.05, 0.1) is 12.0 Å². The molecule has 0 radical (unpaired) electrons. The standard InChI is InChI=1S/C15H19N3/c16-10-9-12-5-4-8-14-15(12)17-11-18(14)13-6-2-1-3-7-13/h1-3,6-7,11-12H,4-5,8-10,16H2/t12-/m1/s1. The molecule has 0 spiro atoms. The van der Waals surface area contributed by atoms with E-state index in [1.165, 1.54) is 29.9 Å². The summed E-state index contributed by atoms with van der Waals surface area (Å²) in [5.41, 5.74) is 9.56. The van der Waals surface area contributed by atoms with Gasteiger partial charge in [-0.3, -0.25) is 0 Å². The summed E-state index contributed by atoms with van der Waals surface area (Å²) in [4.78, 5) is 4.64. The van der Waals surface area contributed by atoms with Gasteiger partial charge in [-0.25, -0.2) is 4.98 Å². The van der Waals surface area contributed by atoms with Gasteiger partial charge < -0.3 is 10.3 Å². The summed E-state index contributed by atoms with van der Waals surface area (Å²) < 4.78 is 2.23. The highest BCUT2D eigenvalue weighted by Crippen LogP contribution is 2.33. The number of hydrogen-bond donors (Lipinski definition) is 1. The molecular weight excluding hydrogens is 222 g/mol. The lowest BCUT2D eigenvalue weighted by Gasteiger charge is -2.22. The van der Waals surface area contributed by atoms with Crippen LogP contribution in [0.25, 0.3) is 5.69 Å². The molecule has 0 saturated heterocycles. The molecule has 0 saturated carbocycles. The molecule has 1 aliphatic carbocycles. The summed E-state index contributed by atoms with van der Waals surface area (Å²) in [6, 6.07) is 10.5. The van der Waals surface area contributed by atoms with Crippen molar-refractivity contribution < 1.29 is 0 Å². The minimum absolute atomic E-state index is 0.559. The second-order valence-electron chi connectivity index (χ2n) is 4.95. The summed E-state index contributed by atoms with van der Waals surface area (Å²) in [6.45, 7) is 0.752. The van der Waals surface area contributed by atoms with Crippen molar-refractivity contribution in [2.45, 2.75) is 31.6 Å². The number of aromatic nitrogens is 2. The number of nitrogens with two attached hydrogens (primary N) is 1. The lowest BCUT2D eigenvalue weighted by atomic mass is 9.87. The Labute approximate surface area is 108 Å². The zero-order valence-corrected chi connectivity index (χ0v) is 10.5. The molecule has 0 aliphatic heterocycles. The van der Waals surface area contributed by atoms with Crippen molar-refractivity contribution in [1.29, 1.82) is 0 Å². The van der Waals surface area contributed by atoms with Crippen LogP contribution >= 0.6 is 0 Å². The molecule has 3 nitrogen and oxygen atoms in total. The van der Waals surface area contributed by atoms with Crippen LogP contribution in [0, 0.1) is 0 Å². The minimum atomic E-state index is 0.559. The third-order valence-electron chi connectivity index (χ3n) is 3.80. The SMILES string of the molecule is NCC[C@H]1CCCc2c1ncn2-c1ccccc1. The van der Waals surface area contributed by atoms with Crippen LogP contribution in [0.1, 0.15) is 36.6 Å². The van der Waals surface area contributed by atoms with E-state index in [0.29, 0.717) is 5.92 Å². The number of fused-ring (bicyclic) bond motifs is 1. The average Bonchev–Trinajstić information content (AvgIpc) is 2.85. The lowest BCUT2D eigenvalue weighted by Crippen LogP contribution is -2.15. The van der Waals surface area contributed by atoms with E-state index < -0.39 is 0 Å². The van der Waals surface area contributed by atoms with Crippen molar-refractivity contribution in [3.63, 3.8) is 0 Å². The van der Waals surface area contributed by atoms with Crippen LogP contribution in [-0.4, -0.2) is 16.1 Å². The zero-order valence-electron chi connectivity index (χ0n) is 10.5. The number of nitrogens with zero attached hydrogens (tertiary/aromatic N) is 2. The molecule has 0 amide bonds. The van der Waals surface area contributed by atoms with Crippen LogP contribution in [0.3, 0.4) is 0 Å². The monoisotopic (exact) mass is 241 g/mol. The van der Waals surface area contributed by atoms with E-state index in [0.717, 1.165) is 19.4 Å². The molecular formula is C15H19N3. The first kappa shape index (κ1) is 11.5. The van der Waals surface area contributed by atoms with E-state index in [4.69, 9.17) is 5.73 Å². The maximum atomic E-state index is 5.70. The topological polar surface area (TPSA) is 43.8 Å². The maximum absolute atomic E-state index is 5.70. The first-order valence-corrected chi connectivity index (χ1v) is 6.71. The molecule has 0 fully saturated rings. The molecule has 94 valence electrons. The van der Waals surface area contributed by atoms with E-state index >= 15 is 0 Å². The quantitative estimate of drug-likeness (QED) is 0.897. The van der Waals surface area contributed by atoms with E-state index in [2.05, 4.69) is 33.8 Å². The smallest absolute Gasteiger partial charge is 0.0997 e. The number of hydrogen-bond acceptors (Lipinski definition) is 2. The Kier molecular flexibility index (Phi) is 3.15. The number of benzene rings is 1. The average molecular weight is 241 g/mol. The Morgan fingerprint density at radius 3 is 2.89 bits per heavy atom. The highest BCUT2D eigenvalue weighted by molar-refractivity contribution is 5.36. The fourth-order valence-electron chi connectivity index (χ4n) is 2.92. The Morgan fingerprint density at radius 1 is 1.28 bits per heavy atom. The van der Waals surface area contributed by atoms with Crippen molar-refractivity contribution in [2.75, 3.05) is 6.54 Å². The van der Waals surface area contributed by atoms with Crippen molar-refractivity contribution in [3.8, 4) is 5.69 Å². The molecule has 3 heteroatoms. The second-order valence-corrected chi connectivity index (χ2v) is 4.95. The Balaban J connectivity index is 2.00. The Morgan fingerprint density at radius 2 is 2.11 bits per heavy atom. The summed E-state index contributed by atoms with van der Waals surface area (Å²) in [6.07, 6.45) is 6.63. The largest absolute Gasteiger partial charge is 0.330 e. The molecule has 2 aromatic rings. The van der Waals surface area contributed by atoms with Gasteiger partial charge >= 0.3 is 0 Å². The molecule has 18 heavy (non-hydrogen) atoms. The van der Waals surface area contributed by atoms with Gasteiger partial charge in [0.25, 0.3) is 0 Å². The third kappa shape index (κ3) is 1.95. The molecule has 1 aromatic carbocycles.